The summed E-state index contributed by atoms with van der Waals surface area (Å²) in [5.41, 5.74) is 1.61. The van der Waals surface area contributed by atoms with Crippen molar-refractivity contribution in [3.8, 4) is 11.5 Å². The van der Waals surface area contributed by atoms with Gasteiger partial charge in [-0.3, -0.25) is 0 Å². The molecule has 0 bridgehead atoms. The number of aromatic hydroxyl groups is 2. The Hall–Kier alpha value is -1.22. The summed E-state index contributed by atoms with van der Waals surface area (Å²) in [6.07, 6.45) is 0. The van der Waals surface area contributed by atoms with Crippen LogP contribution in [0.3, 0.4) is 0 Å². The Morgan fingerprint density at radius 2 is 1.75 bits per heavy atom. The SMILES string of the molecule is Cc1c(O)cc(CO)c(O)c1C. The summed E-state index contributed by atoms with van der Waals surface area (Å²) in [6, 6.07) is 1.37. The van der Waals surface area contributed by atoms with Gasteiger partial charge >= 0.3 is 0 Å². The Labute approximate surface area is 70.9 Å². The first-order chi connectivity index (χ1) is 5.57. The minimum absolute atomic E-state index is 0.0628. The molecule has 0 aliphatic rings. The number of rotatable bonds is 1. The first-order valence-corrected chi connectivity index (χ1v) is 3.69. The Morgan fingerprint density at radius 3 is 2.25 bits per heavy atom. The van der Waals surface area contributed by atoms with Gasteiger partial charge < -0.3 is 15.3 Å². The molecule has 0 spiro atoms. The summed E-state index contributed by atoms with van der Waals surface area (Å²) in [6.45, 7) is 3.15. The van der Waals surface area contributed by atoms with Crippen molar-refractivity contribution in [2.24, 2.45) is 0 Å². The largest absolute Gasteiger partial charge is 0.508 e. The van der Waals surface area contributed by atoms with Crippen LogP contribution < -0.4 is 0 Å². The maximum absolute atomic E-state index is 9.43. The van der Waals surface area contributed by atoms with E-state index in [9.17, 15) is 10.2 Å². The molecule has 0 aliphatic carbocycles. The molecule has 1 rings (SSSR count). The second-order valence-electron chi connectivity index (χ2n) is 2.81. The smallest absolute Gasteiger partial charge is 0.124 e. The predicted octanol–water partition coefficient (Wildman–Crippen LogP) is 1.21. The summed E-state index contributed by atoms with van der Waals surface area (Å²) in [7, 11) is 0. The van der Waals surface area contributed by atoms with Gasteiger partial charge in [0, 0.05) is 5.56 Å². The van der Waals surface area contributed by atoms with Gasteiger partial charge in [-0.05, 0) is 31.0 Å². The molecule has 66 valence electrons. The fraction of sp³-hybridized carbons (Fsp3) is 0.333. The van der Waals surface area contributed by atoms with Crippen LogP contribution in [0.25, 0.3) is 0 Å². The van der Waals surface area contributed by atoms with E-state index in [4.69, 9.17) is 5.11 Å². The van der Waals surface area contributed by atoms with Gasteiger partial charge in [0.2, 0.25) is 0 Å². The van der Waals surface area contributed by atoms with E-state index < -0.39 is 0 Å². The standard InChI is InChI=1S/C9H12O3/c1-5-6(2)9(12)7(4-10)3-8(5)11/h3,10-12H,4H2,1-2H3. The maximum atomic E-state index is 9.43. The fourth-order valence-corrected chi connectivity index (χ4v) is 1.07. The van der Waals surface area contributed by atoms with E-state index in [0.29, 0.717) is 16.7 Å². The Bertz CT molecular complexity index is 305. The molecular formula is C9H12O3. The fourth-order valence-electron chi connectivity index (χ4n) is 1.07. The Balaban J connectivity index is 3.39. The third-order valence-electron chi connectivity index (χ3n) is 2.09. The van der Waals surface area contributed by atoms with Crippen LogP contribution in [0.2, 0.25) is 0 Å². The first-order valence-electron chi connectivity index (χ1n) is 3.69. The molecule has 0 saturated carbocycles. The highest BCUT2D eigenvalue weighted by molar-refractivity contribution is 5.50. The number of benzene rings is 1. The molecule has 0 atom stereocenters. The first kappa shape index (κ1) is 8.87. The van der Waals surface area contributed by atoms with Gasteiger partial charge in [-0.15, -0.1) is 0 Å². The van der Waals surface area contributed by atoms with Crippen LogP contribution in [-0.4, -0.2) is 15.3 Å². The van der Waals surface area contributed by atoms with Crippen molar-refractivity contribution in [1.29, 1.82) is 0 Å². The number of phenolic OH excluding ortho intramolecular Hbond substituents is 1. The average Bonchev–Trinajstić information content (AvgIpc) is 2.08. The third-order valence-corrected chi connectivity index (χ3v) is 2.09. The molecular weight excluding hydrogens is 156 g/mol. The summed E-state index contributed by atoms with van der Waals surface area (Å²) in [5, 5.41) is 27.5. The Kier molecular flexibility index (Phi) is 2.24. The average molecular weight is 168 g/mol. The topological polar surface area (TPSA) is 60.7 Å². The molecule has 1 aromatic rings. The van der Waals surface area contributed by atoms with Crippen molar-refractivity contribution in [1.82, 2.24) is 0 Å². The van der Waals surface area contributed by atoms with Gasteiger partial charge in [0.15, 0.2) is 0 Å². The highest BCUT2D eigenvalue weighted by atomic mass is 16.3. The number of aliphatic hydroxyl groups excluding tert-OH is 1. The normalized spacial score (nSPS) is 10.2. The van der Waals surface area contributed by atoms with Gasteiger partial charge in [-0.25, -0.2) is 0 Å². The summed E-state index contributed by atoms with van der Waals surface area (Å²) in [5.74, 6) is 0.169. The number of phenols is 2. The molecule has 0 unspecified atom stereocenters. The van der Waals surface area contributed by atoms with E-state index in [1.54, 1.807) is 13.8 Å². The van der Waals surface area contributed by atoms with Crippen LogP contribution in [-0.2, 0) is 6.61 Å². The van der Waals surface area contributed by atoms with E-state index in [0.717, 1.165) is 0 Å². The van der Waals surface area contributed by atoms with Crippen molar-refractivity contribution >= 4 is 0 Å². The van der Waals surface area contributed by atoms with Crippen LogP contribution in [0.5, 0.6) is 11.5 Å². The lowest BCUT2D eigenvalue weighted by Gasteiger charge is -2.09. The molecule has 0 aliphatic heterocycles. The summed E-state index contributed by atoms with van der Waals surface area (Å²) >= 11 is 0. The van der Waals surface area contributed by atoms with Crippen LogP contribution >= 0.6 is 0 Å². The zero-order valence-corrected chi connectivity index (χ0v) is 7.13. The molecule has 3 N–H and O–H groups in total. The lowest BCUT2D eigenvalue weighted by molar-refractivity contribution is 0.274. The van der Waals surface area contributed by atoms with Crippen molar-refractivity contribution in [2.75, 3.05) is 0 Å². The van der Waals surface area contributed by atoms with Crippen LogP contribution in [0.1, 0.15) is 16.7 Å². The molecule has 3 heteroatoms. The second-order valence-corrected chi connectivity index (χ2v) is 2.81. The summed E-state index contributed by atoms with van der Waals surface area (Å²) < 4.78 is 0. The van der Waals surface area contributed by atoms with E-state index in [2.05, 4.69) is 0 Å². The monoisotopic (exact) mass is 168 g/mol. The van der Waals surface area contributed by atoms with Gasteiger partial charge in [0.1, 0.15) is 11.5 Å². The number of hydrogen-bond acceptors (Lipinski definition) is 3. The molecule has 12 heavy (non-hydrogen) atoms. The van der Waals surface area contributed by atoms with Crippen LogP contribution in [0.15, 0.2) is 6.07 Å². The molecule has 0 fully saturated rings. The number of hydrogen-bond donors (Lipinski definition) is 3. The van der Waals surface area contributed by atoms with Gasteiger partial charge in [-0.2, -0.15) is 0 Å². The molecule has 3 nitrogen and oxygen atoms in total. The zero-order chi connectivity index (χ0) is 9.30. The van der Waals surface area contributed by atoms with E-state index in [1.807, 2.05) is 0 Å². The van der Waals surface area contributed by atoms with E-state index in [1.165, 1.54) is 6.07 Å². The van der Waals surface area contributed by atoms with Crippen molar-refractivity contribution in [3.05, 3.63) is 22.8 Å². The van der Waals surface area contributed by atoms with Crippen LogP contribution in [0, 0.1) is 13.8 Å². The van der Waals surface area contributed by atoms with Gasteiger partial charge in [-0.1, -0.05) is 0 Å². The lowest BCUT2D eigenvalue weighted by atomic mass is 10.0. The minimum Gasteiger partial charge on any atom is -0.508 e. The second kappa shape index (κ2) is 3.03. The Morgan fingerprint density at radius 1 is 1.17 bits per heavy atom. The lowest BCUT2D eigenvalue weighted by Crippen LogP contribution is -1.90. The van der Waals surface area contributed by atoms with Gasteiger partial charge in [0.25, 0.3) is 0 Å². The molecule has 0 aromatic heterocycles. The molecule has 1 aromatic carbocycles. The quantitative estimate of drug-likeness (QED) is 0.552. The van der Waals surface area contributed by atoms with Crippen molar-refractivity contribution in [2.45, 2.75) is 20.5 Å². The number of aliphatic hydroxyl groups is 1. The predicted molar refractivity (Wildman–Crippen MR) is 45.2 cm³/mol. The van der Waals surface area contributed by atoms with Crippen molar-refractivity contribution in [3.63, 3.8) is 0 Å². The summed E-state index contributed by atoms with van der Waals surface area (Å²) in [4.78, 5) is 0. The molecule has 0 radical (unpaired) electrons. The van der Waals surface area contributed by atoms with E-state index in [-0.39, 0.29) is 18.1 Å². The highest BCUT2D eigenvalue weighted by Crippen LogP contribution is 2.31. The third kappa shape index (κ3) is 1.23. The zero-order valence-electron chi connectivity index (χ0n) is 7.13. The van der Waals surface area contributed by atoms with E-state index >= 15 is 0 Å². The van der Waals surface area contributed by atoms with Crippen LogP contribution in [0.4, 0.5) is 0 Å². The molecule has 0 heterocycles. The highest BCUT2D eigenvalue weighted by Gasteiger charge is 2.09. The minimum atomic E-state index is -0.263. The molecule has 0 amide bonds. The maximum Gasteiger partial charge on any atom is 0.124 e. The molecule has 0 saturated heterocycles. The van der Waals surface area contributed by atoms with Crippen molar-refractivity contribution < 1.29 is 15.3 Å². The van der Waals surface area contributed by atoms with Gasteiger partial charge in [0.05, 0.1) is 6.61 Å².